The molecule has 0 bridgehead atoms. The Labute approximate surface area is 113 Å². The molecule has 5 nitrogen and oxygen atoms in total. The van der Waals surface area contributed by atoms with Crippen LogP contribution >= 0.6 is 0 Å². The summed E-state index contributed by atoms with van der Waals surface area (Å²) in [6.45, 7) is 4.88. The van der Waals surface area contributed by atoms with Gasteiger partial charge in [0.15, 0.2) is 0 Å². The molecule has 0 saturated heterocycles. The summed E-state index contributed by atoms with van der Waals surface area (Å²) in [5, 5.41) is 8.89. The minimum absolute atomic E-state index is 0.288. The highest BCUT2D eigenvalue weighted by Gasteiger charge is 2.26. The highest BCUT2D eigenvalue weighted by molar-refractivity contribution is 7.89. The van der Waals surface area contributed by atoms with Crippen LogP contribution in [-0.4, -0.2) is 14.3 Å². The molecule has 6 heteroatoms. The van der Waals surface area contributed by atoms with Gasteiger partial charge < -0.3 is 0 Å². The summed E-state index contributed by atoms with van der Waals surface area (Å²) in [6, 6.07) is 8.32. The molecule has 1 N–H and O–H groups in total. The van der Waals surface area contributed by atoms with Gasteiger partial charge in [-0.2, -0.15) is 5.26 Å². The quantitative estimate of drug-likeness (QED) is 0.910. The maximum absolute atomic E-state index is 11.9. The summed E-state index contributed by atoms with van der Waals surface area (Å²) in [6.07, 6.45) is 0. The maximum Gasteiger partial charge on any atom is 0.239 e. The standard InChI is InChI=1S/C13H16N2O3S/c1-13(2,3)12(16)15-19(17,18)9-11-7-5-4-6-10(11)8-14/h4-7H,9H2,1-3H3,(H,15,16). The minimum Gasteiger partial charge on any atom is -0.273 e. The van der Waals surface area contributed by atoms with Crippen LogP contribution in [0.5, 0.6) is 0 Å². The lowest BCUT2D eigenvalue weighted by Gasteiger charge is -2.17. The van der Waals surface area contributed by atoms with E-state index in [9.17, 15) is 13.2 Å². The van der Waals surface area contributed by atoms with Gasteiger partial charge in [-0.05, 0) is 11.6 Å². The predicted molar refractivity (Wildman–Crippen MR) is 71.4 cm³/mol. The Kier molecular flexibility index (Phi) is 4.32. The Hall–Kier alpha value is -1.87. The van der Waals surface area contributed by atoms with Crippen LogP contribution in [0.1, 0.15) is 31.9 Å². The molecule has 0 spiro atoms. The maximum atomic E-state index is 11.9. The van der Waals surface area contributed by atoms with E-state index < -0.39 is 27.1 Å². The third kappa shape index (κ3) is 4.38. The summed E-state index contributed by atoms with van der Waals surface area (Å²) >= 11 is 0. The molecule has 1 rings (SSSR count). The predicted octanol–water partition coefficient (Wildman–Crippen LogP) is 1.55. The average Bonchev–Trinajstić information content (AvgIpc) is 2.27. The first kappa shape index (κ1) is 15.2. The van der Waals surface area contributed by atoms with Gasteiger partial charge in [0.25, 0.3) is 0 Å². The second-order valence-electron chi connectivity index (χ2n) is 5.21. The summed E-state index contributed by atoms with van der Waals surface area (Å²) in [7, 11) is -3.80. The van der Waals surface area contributed by atoms with Gasteiger partial charge in [-0.3, -0.25) is 9.52 Å². The molecular weight excluding hydrogens is 264 g/mol. The number of rotatable bonds is 3. The topological polar surface area (TPSA) is 87.0 Å². The van der Waals surface area contributed by atoms with Crippen molar-refractivity contribution in [2.45, 2.75) is 26.5 Å². The number of sulfonamides is 1. The smallest absolute Gasteiger partial charge is 0.239 e. The van der Waals surface area contributed by atoms with Crippen LogP contribution in [0.3, 0.4) is 0 Å². The summed E-state index contributed by atoms with van der Waals surface area (Å²) in [5.74, 6) is -0.958. The van der Waals surface area contributed by atoms with E-state index in [0.29, 0.717) is 5.56 Å². The molecule has 0 fully saturated rings. The summed E-state index contributed by atoms with van der Waals surface area (Å²) < 4.78 is 25.8. The van der Waals surface area contributed by atoms with Crippen molar-refractivity contribution in [1.29, 1.82) is 5.26 Å². The molecule has 0 aliphatic heterocycles. The first-order valence-corrected chi connectivity index (χ1v) is 7.34. The number of nitrogens with one attached hydrogen (secondary N) is 1. The van der Waals surface area contributed by atoms with Gasteiger partial charge in [-0.1, -0.05) is 39.0 Å². The largest absolute Gasteiger partial charge is 0.273 e. The average molecular weight is 280 g/mol. The molecule has 1 amide bonds. The number of benzene rings is 1. The van der Waals surface area contributed by atoms with E-state index in [1.807, 2.05) is 10.8 Å². The molecule has 0 aliphatic rings. The number of hydrogen-bond donors (Lipinski definition) is 1. The SMILES string of the molecule is CC(C)(C)C(=O)NS(=O)(=O)Cc1ccccc1C#N. The van der Waals surface area contributed by atoms with Crippen molar-refractivity contribution in [3.8, 4) is 6.07 Å². The fourth-order valence-electron chi connectivity index (χ4n) is 1.29. The van der Waals surface area contributed by atoms with E-state index in [-0.39, 0.29) is 5.56 Å². The number of carbonyl (C=O) groups excluding carboxylic acids is 1. The van der Waals surface area contributed by atoms with E-state index in [1.165, 1.54) is 6.07 Å². The highest BCUT2D eigenvalue weighted by atomic mass is 32.2. The first-order valence-electron chi connectivity index (χ1n) is 5.68. The number of carbonyl (C=O) groups is 1. The fourth-order valence-corrected chi connectivity index (χ4v) is 2.61. The van der Waals surface area contributed by atoms with E-state index in [1.54, 1.807) is 39.0 Å². The van der Waals surface area contributed by atoms with Gasteiger partial charge in [0.05, 0.1) is 17.4 Å². The van der Waals surface area contributed by atoms with E-state index in [0.717, 1.165) is 0 Å². The molecule has 1 aromatic rings. The van der Waals surface area contributed by atoms with Crippen LogP contribution in [0.2, 0.25) is 0 Å². The molecule has 1 aromatic carbocycles. The number of nitrogens with zero attached hydrogens (tertiary/aromatic N) is 1. The van der Waals surface area contributed by atoms with Crippen LogP contribution in [0, 0.1) is 16.7 Å². The second-order valence-corrected chi connectivity index (χ2v) is 6.93. The normalized spacial score (nSPS) is 11.7. The Balaban J connectivity index is 2.93. The lowest BCUT2D eigenvalue weighted by molar-refractivity contribution is -0.126. The molecule has 0 atom stereocenters. The number of nitriles is 1. The number of amides is 1. The van der Waals surface area contributed by atoms with Crippen molar-refractivity contribution in [2.24, 2.45) is 5.41 Å². The molecule has 0 radical (unpaired) electrons. The Morgan fingerprint density at radius 3 is 2.42 bits per heavy atom. The van der Waals surface area contributed by atoms with Gasteiger partial charge in [-0.15, -0.1) is 0 Å². The monoisotopic (exact) mass is 280 g/mol. The zero-order valence-electron chi connectivity index (χ0n) is 11.1. The lowest BCUT2D eigenvalue weighted by atomic mass is 9.96. The van der Waals surface area contributed by atoms with Crippen LogP contribution in [0.15, 0.2) is 24.3 Å². The van der Waals surface area contributed by atoms with Crippen molar-refractivity contribution in [3.05, 3.63) is 35.4 Å². The van der Waals surface area contributed by atoms with Gasteiger partial charge in [0.1, 0.15) is 0 Å². The summed E-state index contributed by atoms with van der Waals surface area (Å²) in [4.78, 5) is 11.7. The summed E-state index contributed by atoms with van der Waals surface area (Å²) in [5.41, 5.74) is -0.128. The first-order chi connectivity index (χ1) is 8.65. The second kappa shape index (κ2) is 5.41. The van der Waals surface area contributed by atoms with Crippen molar-refractivity contribution < 1.29 is 13.2 Å². The van der Waals surface area contributed by atoms with Gasteiger partial charge in [0, 0.05) is 5.41 Å². The van der Waals surface area contributed by atoms with Crippen molar-refractivity contribution in [1.82, 2.24) is 4.72 Å². The fraction of sp³-hybridized carbons (Fsp3) is 0.385. The van der Waals surface area contributed by atoms with E-state index in [4.69, 9.17) is 5.26 Å². The van der Waals surface area contributed by atoms with Gasteiger partial charge >= 0.3 is 0 Å². The molecule has 0 aromatic heterocycles. The lowest BCUT2D eigenvalue weighted by Crippen LogP contribution is -2.39. The van der Waals surface area contributed by atoms with E-state index in [2.05, 4.69) is 0 Å². The van der Waals surface area contributed by atoms with Crippen molar-refractivity contribution in [2.75, 3.05) is 0 Å². The third-order valence-electron chi connectivity index (χ3n) is 2.41. The minimum atomic E-state index is -3.80. The zero-order chi connectivity index (χ0) is 14.7. The molecule has 0 unspecified atom stereocenters. The van der Waals surface area contributed by atoms with Gasteiger partial charge in [-0.25, -0.2) is 8.42 Å². The van der Waals surface area contributed by atoms with Gasteiger partial charge in [0.2, 0.25) is 15.9 Å². The zero-order valence-corrected chi connectivity index (χ0v) is 11.9. The molecular formula is C13H16N2O3S. The van der Waals surface area contributed by atoms with E-state index >= 15 is 0 Å². The molecule has 0 aliphatic carbocycles. The Morgan fingerprint density at radius 2 is 1.89 bits per heavy atom. The Morgan fingerprint density at radius 1 is 1.32 bits per heavy atom. The molecule has 19 heavy (non-hydrogen) atoms. The number of hydrogen-bond acceptors (Lipinski definition) is 4. The van der Waals surface area contributed by atoms with Crippen LogP contribution in [0.25, 0.3) is 0 Å². The molecule has 102 valence electrons. The third-order valence-corrected chi connectivity index (χ3v) is 3.60. The van der Waals surface area contributed by atoms with Crippen molar-refractivity contribution >= 4 is 15.9 Å². The van der Waals surface area contributed by atoms with Crippen molar-refractivity contribution in [3.63, 3.8) is 0 Å². The Bertz CT molecular complexity index is 622. The van der Waals surface area contributed by atoms with Crippen LogP contribution in [0.4, 0.5) is 0 Å². The molecule has 0 saturated carbocycles. The molecule has 0 heterocycles. The van der Waals surface area contributed by atoms with Crippen LogP contribution in [-0.2, 0) is 20.6 Å². The highest BCUT2D eigenvalue weighted by Crippen LogP contribution is 2.15. The van der Waals surface area contributed by atoms with Crippen LogP contribution < -0.4 is 4.72 Å².